The number of carbonyl (C=O) groups excluding carboxylic acids is 2. The summed E-state index contributed by atoms with van der Waals surface area (Å²) in [5, 5.41) is 6.30. The van der Waals surface area contributed by atoms with E-state index < -0.39 is 5.91 Å². The maximum absolute atomic E-state index is 13.0. The zero-order valence-electron chi connectivity index (χ0n) is 14.5. The van der Waals surface area contributed by atoms with Crippen LogP contribution in [-0.4, -0.2) is 42.9 Å². The molecule has 0 unspecified atom stereocenters. The van der Waals surface area contributed by atoms with E-state index in [-0.39, 0.29) is 11.6 Å². The van der Waals surface area contributed by atoms with Gasteiger partial charge in [-0.05, 0) is 35.9 Å². The molecule has 0 saturated carbocycles. The van der Waals surface area contributed by atoms with Crippen molar-refractivity contribution in [1.29, 1.82) is 0 Å². The first-order chi connectivity index (χ1) is 13.0. The summed E-state index contributed by atoms with van der Waals surface area (Å²) < 4.78 is 0.940. The van der Waals surface area contributed by atoms with E-state index in [0.29, 0.717) is 23.7 Å². The Morgan fingerprint density at radius 2 is 1.74 bits per heavy atom. The van der Waals surface area contributed by atoms with Crippen LogP contribution in [0.1, 0.15) is 15.9 Å². The fourth-order valence-electron chi connectivity index (χ4n) is 2.75. The number of piperazine rings is 1. The van der Waals surface area contributed by atoms with Crippen LogP contribution in [0.25, 0.3) is 6.08 Å². The van der Waals surface area contributed by atoms with Gasteiger partial charge in [0.15, 0.2) is 0 Å². The molecule has 1 fully saturated rings. The van der Waals surface area contributed by atoms with Crippen molar-refractivity contribution in [3.05, 3.63) is 74.9 Å². The van der Waals surface area contributed by atoms with E-state index in [2.05, 4.69) is 26.6 Å². The van der Waals surface area contributed by atoms with Gasteiger partial charge < -0.3 is 15.5 Å². The third kappa shape index (κ3) is 5.19. The Morgan fingerprint density at radius 1 is 1.07 bits per heavy atom. The summed E-state index contributed by atoms with van der Waals surface area (Å²) in [6, 6.07) is 14.3. The number of benzene rings is 2. The Morgan fingerprint density at radius 3 is 2.41 bits per heavy atom. The van der Waals surface area contributed by atoms with Gasteiger partial charge >= 0.3 is 0 Å². The Hall–Kier alpha value is -2.15. The average molecular weight is 449 g/mol. The Labute approximate surface area is 171 Å². The molecule has 0 atom stereocenters. The summed E-state index contributed by atoms with van der Waals surface area (Å²) >= 11 is 9.51. The minimum Gasteiger partial charge on any atom is -0.335 e. The van der Waals surface area contributed by atoms with Gasteiger partial charge in [-0.25, -0.2) is 0 Å². The highest BCUT2D eigenvalue weighted by molar-refractivity contribution is 9.10. The first kappa shape index (κ1) is 19.6. The highest BCUT2D eigenvalue weighted by Crippen LogP contribution is 2.17. The van der Waals surface area contributed by atoms with Gasteiger partial charge in [-0.2, -0.15) is 0 Å². The summed E-state index contributed by atoms with van der Waals surface area (Å²) in [5.74, 6) is -0.618. The Kier molecular flexibility index (Phi) is 6.66. The second kappa shape index (κ2) is 9.17. The normalized spacial score (nSPS) is 14.7. The number of halogens is 2. The highest BCUT2D eigenvalue weighted by atomic mass is 79.9. The molecule has 27 heavy (non-hydrogen) atoms. The number of hydrogen-bond donors (Lipinski definition) is 2. The number of nitrogens with one attached hydrogen (secondary N) is 2. The first-order valence-corrected chi connectivity index (χ1v) is 9.75. The van der Waals surface area contributed by atoms with Crippen molar-refractivity contribution < 1.29 is 9.59 Å². The van der Waals surface area contributed by atoms with Crippen LogP contribution < -0.4 is 10.6 Å². The molecule has 0 bridgehead atoms. The fraction of sp³-hybridized carbons (Fsp3) is 0.200. The van der Waals surface area contributed by atoms with E-state index in [1.807, 2.05) is 24.3 Å². The van der Waals surface area contributed by atoms with E-state index in [1.54, 1.807) is 35.2 Å². The van der Waals surface area contributed by atoms with Crippen molar-refractivity contribution in [2.75, 3.05) is 26.2 Å². The summed E-state index contributed by atoms with van der Waals surface area (Å²) in [5.41, 5.74) is 1.37. The molecule has 1 heterocycles. The molecule has 2 aromatic carbocycles. The maximum atomic E-state index is 13.0. The van der Waals surface area contributed by atoms with Gasteiger partial charge in [0, 0.05) is 30.7 Å². The van der Waals surface area contributed by atoms with Gasteiger partial charge in [0.1, 0.15) is 5.70 Å². The van der Waals surface area contributed by atoms with E-state index in [1.165, 1.54) is 0 Å². The molecule has 2 amide bonds. The average Bonchev–Trinajstić information content (AvgIpc) is 2.69. The SMILES string of the molecule is O=C(N/C(=C\c1ccc(Br)cc1)C(=O)N1CCNCC1)c1ccccc1Cl. The number of amides is 2. The number of carbonyl (C=O) groups is 2. The van der Waals surface area contributed by atoms with Crippen molar-refractivity contribution in [3.8, 4) is 0 Å². The molecule has 0 aromatic heterocycles. The molecular formula is C20H19BrClN3O2. The van der Waals surface area contributed by atoms with Gasteiger partial charge in [-0.3, -0.25) is 9.59 Å². The molecule has 7 heteroatoms. The van der Waals surface area contributed by atoms with Crippen molar-refractivity contribution in [2.45, 2.75) is 0 Å². The second-order valence-electron chi connectivity index (χ2n) is 6.09. The number of hydrogen-bond acceptors (Lipinski definition) is 3. The van der Waals surface area contributed by atoms with E-state index in [9.17, 15) is 9.59 Å². The third-order valence-corrected chi connectivity index (χ3v) is 5.04. The van der Waals surface area contributed by atoms with Gasteiger partial charge in [-0.1, -0.05) is 51.8 Å². The zero-order valence-corrected chi connectivity index (χ0v) is 16.9. The van der Waals surface area contributed by atoms with Gasteiger partial charge in [0.25, 0.3) is 11.8 Å². The number of nitrogens with zero attached hydrogens (tertiary/aromatic N) is 1. The van der Waals surface area contributed by atoms with Gasteiger partial charge in [0.2, 0.25) is 0 Å². The fourth-order valence-corrected chi connectivity index (χ4v) is 3.24. The summed E-state index contributed by atoms with van der Waals surface area (Å²) in [4.78, 5) is 27.4. The minimum atomic E-state index is -0.410. The molecule has 3 rings (SSSR count). The van der Waals surface area contributed by atoms with Crippen LogP contribution >= 0.6 is 27.5 Å². The molecule has 0 radical (unpaired) electrons. The molecule has 2 N–H and O–H groups in total. The van der Waals surface area contributed by atoms with Crippen LogP contribution in [0.5, 0.6) is 0 Å². The summed E-state index contributed by atoms with van der Waals surface area (Å²) in [6.07, 6.45) is 1.69. The lowest BCUT2D eigenvalue weighted by atomic mass is 10.1. The molecule has 2 aromatic rings. The molecule has 1 saturated heterocycles. The van der Waals surface area contributed by atoms with Crippen molar-refractivity contribution in [2.24, 2.45) is 0 Å². The monoisotopic (exact) mass is 447 g/mol. The van der Waals surface area contributed by atoms with Crippen LogP contribution in [0, 0.1) is 0 Å². The predicted octanol–water partition coefficient (Wildman–Crippen LogP) is 3.31. The number of rotatable bonds is 4. The van der Waals surface area contributed by atoms with Crippen molar-refractivity contribution >= 4 is 45.4 Å². The zero-order chi connectivity index (χ0) is 19.2. The summed E-state index contributed by atoms with van der Waals surface area (Å²) in [6.45, 7) is 2.66. The van der Waals surface area contributed by atoms with Crippen LogP contribution in [0.3, 0.4) is 0 Å². The van der Waals surface area contributed by atoms with Crippen molar-refractivity contribution in [3.63, 3.8) is 0 Å². The topological polar surface area (TPSA) is 61.4 Å². The lowest BCUT2D eigenvalue weighted by molar-refractivity contribution is -0.127. The predicted molar refractivity (Wildman–Crippen MR) is 110 cm³/mol. The second-order valence-corrected chi connectivity index (χ2v) is 7.41. The highest BCUT2D eigenvalue weighted by Gasteiger charge is 2.22. The largest absolute Gasteiger partial charge is 0.335 e. The first-order valence-electron chi connectivity index (χ1n) is 8.58. The summed E-state index contributed by atoms with van der Waals surface area (Å²) in [7, 11) is 0. The van der Waals surface area contributed by atoms with E-state index in [4.69, 9.17) is 11.6 Å². The lowest BCUT2D eigenvalue weighted by Crippen LogP contribution is -2.48. The van der Waals surface area contributed by atoms with Crippen LogP contribution in [0.2, 0.25) is 5.02 Å². The molecule has 5 nitrogen and oxygen atoms in total. The molecule has 140 valence electrons. The van der Waals surface area contributed by atoms with Crippen LogP contribution in [0.15, 0.2) is 58.7 Å². The van der Waals surface area contributed by atoms with Crippen LogP contribution in [-0.2, 0) is 4.79 Å². The third-order valence-electron chi connectivity index (χ3n) is 4.18. The Bertz CT molecular complexity index is 862. The molecule has 0 aliphatic carbocycles. The quantitative estimate of drug-likeness (QED) is 0.706. The lowest BCUT2D eigenvalue weighted by Gasteiger charge is -2.28. The van der Waals surface area contributed by atoms with E-state index in [0.717, 1.165) is 23.1 Å². The van der Waals surface area contributed by atoms with Crippen LogP contribution in [0.4, 0.5) is 0 Å². The molecule has 0 spiro atoms. The van der Waals surface area contributed by atoms with E-state index >= 15 is 0 Å². The molecule has 1 aliphatic rings. The van der Waals surface area contributed by atoms with Gasteiger partial charge in [-0.15, -0.1) is 0 Å². The van der Waals surface area contributed by atoms with Gasteiger partial charge in [0.05, 0.1) is 10.6 Å². The van der Waals surface area contributed by atoms with Crippen molar-refractivity contribution in [1.82, 2.24) is 15.5 Å². The molecule has 1 aliphatic heterocycles. The maximum Gasteiger partial charge on any atom is 0.270 e. The standard InChI is InChI=1S/C20H19BrClN3O2/c21-15-7-5-14(6-8-15)13-18(20(27)25-11-9-23-10-12-25)24-19(26)16-3-1-2-4-17(16)22/h1-8,13,23H,9-12H2,(H,24,26)/b18-13-. The minimum absolute atomic E-state index is 0.208. The smallest absolute Gasteiger partial charge is 0.270 e. The Balaban J connectivity index is 1.89. The molecular weight excluding hydrogens is 430 g/mol.